The molecule has 0 radical (unpaired) electrons. The standard InChI is InChI=1S/C11H21NO3/c1-2-3-4-5-6-15-11(14)10-7-9(13)8-12-10/h9-10,12-13H,2-8H2,1H3/t9-,10+/m1/s1. The van der Waals surface area contributed by atoms with Crippen LogP contribution in [0.1, 0.15) is 39.0 Å². The van der Waals surface area contributed by atoms with Gasteiger partial charge in [-0.2, -0.15) is 0 Å². The molecule has 2 atom stereocenters. The summed E-state index contributed by atoms with van der Waals surface area (Å²) in [5.41, 5.74) is 0. The van der Waals surface area contributed by atoms with Gasteiger partial charge in [0.1, 0.15) is 6.04 Å². The van der Waals surface area contributed by atoms with Gasteiger partial charge in [0.05, 0.1) is 12.7 Å². The van der Waals surface area contributed by atoms with E-state index in [9.17, 15) is 9.90 Å². The van der Waals surface area contributed by atoms with E-state index in [0.29, 0.717) is 19.6 Å². The lowest BCUT2D eigenvalue weighted by molar-refractivity contribution is -0.146. The van der Waals surface area contributed by atoms with E-state index in [1.54, 1.807) is 0 Å². The molecule has 88 valence electrons. The van der Waals surface area contributed by atoms with Gasteiger partial charge in [-0.3, -0.25) is 4.79 Å². The van der Waals surface area contributed by atoms with Crippen LogP contribution in [-0.4, -0.2) is 36.4 Å². The first kappa shape index (κ1) is 12.5. The fourth-order valence-electron chi connectivity index (χ4n) is 1.70. The molecule has 0 bridgehead atoms. The molecule has 1 aliphatic heterocycles. The van der Waals surface area contributed by atoms with Crippen LogP contribution in [0.5, 0.6) is 0 Å². The number of hydrogen-bond acceptors (Lipinski definition) is 4. The first-order valence-corrected chi connectivity index (χ1v) is 5.82. The number of nitrogens with one attached hydrogen (secondary N) is 1. The maximum atomic E-state index is 11.4. The number of aliphatic hydroxyl groups is 1. The highest BCUT2D eigenvalue weighted by Gasteiger charge is 2.28. The Balaban J connectivity index is 2.03. The molecule has 0 saturated carbocycles. The van der Waals surface area contributed by atoms with E-state index in [1.807, 2.05) is 0 Å². The predicted molar refractivity (Wildman–Crippen MR) is 57.5 cm³/mol. The van der Waals surface area contributed by atoms with Crippen LogP contribution < -0.4 is 5.32 Å². The van der Waals surface area contributed by atoms with Gasteiger partial charge in [-0.1, -0.05) is 26.2 Å². The molecule has 0 aromatic carbocycles. The molecule has 0 aromatic heterocycles. The minimum Gasteiger partial charge on any atom is -0.465 e. The lowest BCUT2D eigenvalue weighted by Gasteiger charge is -2.09. The van der Waals surface area contributed by atoms with E-state index >= 15 is 0 Å². The molecule has 15 heavy (non-hydrogen) atoms. The molecule has 4 heteroatoms. The summed E-state index contributed by atoms with van der Waals surface area (Å²) in [5.74, 6) is -0.219. The van der Waals surface area contributed by atoms with Crippen LogP contribution in [0, 0.1) is 0 Å². The minimum absolute atomic E-state index is 0.219. The number of aliphatic hydroxyl groups excluding tert-OH is 1. The molecule has 1 fully saturated rings. The van der Waals surface area contributed by atoms with Crippen molar-refractivity contribution in [3.05, 3.63) is 0 Å². The Kier molecular flexibility index (Phi) is 5.65. The third kappa shape index (κ3) is 4.62. The Hall–Kier alpha value is -0.610. The quantitative estimate of drug-likeness (QED) is 0.509. The van der Waals surface area contributed by atoms with Crippen LogP contribution in [0.4, 0.5) is 0 Å². The molecule has 0 spiro atoms. The monoisotopic (exact) mass is 215 g/mol. The first-order chi connectivity index (χ1) is 7.24. The van der Waals surface area contributed by atoms with Crippen molar-refractivity contribution in [2.24, 2.45) is 0 Å². The highest BCUT2D eigenvalue weighted by atomic mass is 16.5. The second kappa shape index (κ2) is 6.80. The number of β-amino-alcohol motifs (C(OH)–C–C–N with tert-alkyl or cyclic N) is 1. The number of carbonyl (C=O) groups excluding carboxylic acids is 1. The summed E-state index contributed by atoms with van der Waals surface area (Å²) in [6.07, 6.45) is 4.51. The number of hydrogen-bond donors (Lipinski definition) is 2. The molecular formula is C11H21NO3. The fraction of sp³-hybridized carbons (Fsp3) is 0.909. The topological polar surface area (TPSA) is 58.6 Å². The zero-order valence-electron chi connectivity index (χ0n) is 9.37. The van der Waals surface area contributed by atoms with Crippen LogP contribution in [-0.2, 0) is 9.53 Å². The zero-order chi connectivity index (χ0) is 11.1. The third-order valence-corrected chi connectivity index (χ3v) is 2.63. The highest BCUT2D eigenvalue weighted by molar-refractivity contribution is 5.76. The van der Waals surface area contributed by atoms with E-state index in [0.717, 1.165) is 12.8 Å². The molecule has 1 saturated heterocycles. The van der Waals surface area contributed by atoms with Crippen molar-refractivity contribution < 1.29 is 14.6 Å². The van der Waals surface area contributed by atoms with Crippen molar-refractivity contribution in [1.29, 1.82) is 0 Å². The average molecular weight is 215 g/mol. The molecular weight excluding hydrogens is 194 g/mol. The van der Waals surface area contributed by atoms with Gasteiger partial charge >= 0.3 is 5.97 Å². The van der Waals surface area contributed by atoms with Gasteiger partial charge in [-0.15, -0.1) is 0 Å². The van der Waals surface area contributed by atoms with Crippen molar-refractivity contribution in [3.63, 3.8) is 0 Å². The highest BCUT2D eigenvalue weighted by Crippen LogP contribution is 2.08. The van der Waals surface area contributed by atoms with Gasteiger partial charge in [-0.05, 0) is 6.42 Å². The number of unbranched alkanes of at least 4 members (excludes halogenated alkanes) is 3. The average Bonchev–Trinajstić information content (AvgIpc) is 2.64. The summed E-state index contributed by atoms with van der Waals surface area (Å²) in [6, 6.07) is -0.300. The second-order valence-electron chi connectivity index (χ2n) is 4.08. The van der Waals surface area contributed by atoms with Gasteiger partial charge in [0, 0.05) is 13.0 Å². The summed E-state index contributed by atoms with van der Waals surface area (Å²) >= 11 is 0. The maximum absolute atomic E-state index is 11.4. The summed E-state index contributed by atoms with van der Waals surface area (Å²) in [4.78, 5) is 11.4. The number of rotatable bonds is 6. The molecule has 0 aromatic rings. The van der Waals surface area contributed by atoms with Crippen LogP contribution in [0.2, 0.25) is 0 Å². The predicted octanol–water partition coefficient (Wildman–Crippen LogP) is 0.833. The van der Waals surface area contributed by atoms with Gasteiger partial charge < -0.3 is 15.2 Å². The smallest absolute Gasteiger partial charge is 0.323 e. The second-order valence-corrected chi connectivity index (χ2v) is 4.08. The van der Waals surface area contributed by atoms with Gasteiger partial charge in [0.2, 0.25) is 0 Å². The lowest BCUT2D eigenvalue weighted by Crippen LogP contribution is -2.32. The summed E-state index contributed by atoms with van der Waals surface area (Å²) in [7, 11) is 0. The van der Waals surface area contributed by atoms with E-state index in [-0.39, 0.29) is 12.0 Å². The fourth-order valence-corrected chi connectivity index (χ4v) is 1.70. The summed E-state index contributed by atoms with van der Waals surface area (Å²) in [6.45, 7) is 3.15. The number of ether oxygens (including phenoxy) is 1. The molecule has 1 heterocycles. The van der Waals surface area contributed by atoms with Crippen molar-refractivity contribution in [2.75, 3.05) is 13.2 Å². The van der Waals surface area contributed by atoms with Gasteiger partial charge in [0.15, 0.2) is 0 Å². The number of esters is 1. The molecule has 1 aliphatic rings. The molecule has 4 nitrogen and oxygen atoms in total. The van der Waals surface area contributed by atoms with E-state index in [2.05, 4.69) is 12.2 Å². The Morgan fingerprint density at radius 3 is 2.87 bits per heavy atom. The van der Waals surface area contributed by atoms with Crippen LogP contribution in [0.25, 0.3) is 0 Å². The Morgan fingerprint density at radius 1 is 1.47 bits per heavy atom. The zero-order valence-corrected chi connectivity index (χ0v) is 9.37. The Bertz CT molecular complexity index is 196. The van der Waals surface area contributed by atoms with E-state index < -0.39 is 6.10 Å². The van der Waals surface area contributed by atoms with E-state index in [4.69, 9.17) is 4.74 Å². The normalized spacial score (nSPS) is 25.5. The van der Waals surface area contributed by atoms with Gasteiger partial charge in [-0.25, -0.2) is 0 Å². The summed E-state index contributed by atoms with van der Waals surface area (Å²) < 4.78 is 5.11. The number of carbonyl (C=O) groups is 1. The largest absolute Gasteiger partial charge is 0.465 e. The lowest BCUT2D eigenvalue weighted by atomic mass is 10.2. The first-order valence-electron chi connectivity index (χ1n) is 5.82. The van der Waals surface area contributed by atoms with Crippen molar-refractivity contribution in [3.8, 4) is 0 Å². The van der Waals surface area contributed by atoms with Crippen LogP contribution >= 0.6 is 0 Å². The molecule has 0 aliphatic carbocycles. The molecule has 1 rings (SSSR count). The van der Waals surface area contributed by atoms with E-state index in [1.165, 1.54) is 12.8 Å². The van der Waals surface area contributed by atoms with Crippen LogP contribution in [0.15, 0.2) is 0 Å². The molecule has 0 amide bonds. The minimum atomic E-state index is -0.400. The SMILES string of the molecule is CCCCCCOC(=O)[C@@H]1C[C@@H](O)CN1. The van der Waals surface area contributed by atoms with Crippen molar-refractivity contribution in [1.82, 2.24) is 5.32 Å². The molecule has 2 N–H and O–H groups in total. The van der Waals surface area contributed by atoms with Crippen LogP contribution in [0.3, 0.4) is 0 Å². The third-order valence-electron chi connectivity index (χ3n) is 2.63. The van der Waals surface area contributed by atoms with Crippen molar-refractivity contribution >= 4 is 5.97 Å². The molecule has 0 unspecified atom stereocenters. The van der Waals surface area contributed by atoms with Gasteiger partial charge in [0.25, 0.3) is 0 Å². The van der Waals surface area contributed by atoms with Crippen molar-refractivity contribution in [2.45, 2.75) is 51.2 Å². The Labute approximate surface area is 91.0 Å². The Morgan fingerprint density at radius 2 is 2.27 bits per heavy atom. The maximum Gasteiger partial charge on any atom is 0.323 e. The summed E-state index contributed by atoms with van der Waals surface area (Å²) in [5, 5.41) is 12.2.